The zero-order valence-corrected chi connectivity index (χ0v) is 42.5. The second kappa shape index (κ2) is 37.3. The fourth-order valence-electron chi connectivity index (χ4n) is 9.86. The van der Waals surface area contributed by atoms with Gasteiger partial charge >= 0.3 is 23.9 Å². The van der Waals surface area contributed by atoms with Crippen LogP contribution in [0.4, 0.5) is 0 Å². The minimum absolute atomic E-state index is 0.0497. The predicted molar refractivity (Wildman–Crippen MR) is 261 cm³/mol. The molecule has 0 spiro atoms. The Hall–Kier alpha value is -2.73. The molecular weight excluding hydrogens is 825 g/mol. The van der Waals surface area contributed by atoms with Crippen LogP contribution in [0.25, 0.3) is 0 Å². The summed E-state index contributed by atoms with van der Waals surface area (Å²) in [7, 11) is 0. The van der Waals surface area contributed by atoms with E-state index < -0.39 is 53.0 Å². The molecule has 1 aliphatic rings. The van der Waals surface area contributed by atoms with Crippen molar-refractivity contribution >= 4 is 29.8 Å². The molecule has 0 aromatic heterocycles. The van der Waals surface area contributed by atoms with Crippen molar-refractivity contribution in [1.29, 1.82) is 0 Å². The Kier molecular flexibility index (Phi) is 34.6. The highest BCUT2D eigenvalue weighted by atomic mass is 16.5. The van der Waals surface area contributed by atoms with Gasteiger partial charge in [0.2, 0.25) is 5.91 Å². The lowest BCUT2D eigenvalue weighted by Gasteiger charge is -2.46. The van der Waals surface area contributed by atoms with Gasteiger partial charge in [0.15, 0.2) is 0 Å². The topological polar surface area (TPSA) is 169 Å². The molecule has 1 aliphatic heterocycles. The maximum absolute atomic E-state index is 14.8. The van der Waals surface area contributed by atoms with Gasteiger partial charge in [0, 0.05) is 38.0 Å². The van der Waals surface area contributed by atoms with E-state index in [1.54, 1.807) is 13.8 Å². The van der Waals surface area contributed by atoms with Gasteiger partial charge in [-0.1, -0.05) is 183 Å². The lowest BCUT2D eigenvalue weighted by atomic mass is 9.57. The van der Waals surface area contributed by atoms with Crippen LogP contribution in [0, 0.1) is 28.6 Å². The summed E-state index contributed by atoms with van der Waals surface area (Å²) in [6.07, 6.45) is 25.6. The Morgan fingerprint density at radius 1 is 0.615 bits per heavy atom. The van der Waals surface area contributed by atoms with E-state index in [2.05, 4.69) is 37.9 Å². The molecule has 12 nitrogen and oxygen atoms in total. The lowest BCUT2D eigenvalue weighted by Crippen LogP contribution is -2.55. The Bertz CT molecular complexity index is 1270. The van der Waals surface area contributed by atoms with Crippen LogP contribution in [0.1, 0.15) is 228 Å². The number of unbranched alkanes of at least 4 members (excludes halogenated alkanes) is 16. The monoisotopic (exact) mass is 923 g/mol. The molecule has 1 fully saturated rings. The van der Waals surface area contributed by atoms with Crippen molar-refractivity contribution in [3.05, 3.63) is 0 Å². The average Bonchev–Trinajstić information content (AvgIpc) is 3.28. The van der Waals surface area contributed by atoms with Crippen LogP contribution in [0.2, 0.25) is 0 Å². The van der Waals surface area contributed by atoms with Crippen LogP contribution in [-0.4, -0.2) is 97.5 Å². The Balaban J connectivity index is 3.40. The van der Waals surface area contributed by atoms with E-state index in [1.165, 1.54) is 44.9 Å². The fourth-order valence-corrected chi connectivity index (χ4v) is 9.86. The first-order valence-electron chi connectivity index (χ1n) is 26.6. The maximum Gasteiger partial charge on any atom is 0.310 e. The summed E-state index contributed by atoms with van der Waals surface area (Å²) in [5.41, 5.74) is -3.00. The van der Waals surface area contributed by atoms with E-state index in [4.69, 9.17) is 14.2 Å². The third-order valence-corrected chi connectivity index (χ3v) is 13.8. The minimum atomic E-state index is -1.79. The Morgan fingerprint density at radius 2 is 1.08 bits per heavy atom. The largest absolute Gasteiger partial charge is 0.481 e. The molecule has 1 rings (SSSR count). The zero-order valence-electron chi connectivity index (χ0n) is 42.5. The fraction of sp³-hybridized carbons (Fsp3) is 0.906. The first-order chi connectivity index (χ1) is 31.3. The van der Waals surface area contributed by atoms with E-state index in [0.717, 1.165) is 122 Å². The summed E-state index contributed by atoms with van der Waals surface area (Å²) in [5.74, 6) is -4.85. The quantitative estimate of drug-likeness (QED) is 0.0393. The first kappa shape index (κ1) is 60.3. The molecule has 3 unspecified atom stereocenters. The van der Waals surface area contributed by atoms with Crippen LogP contribution in [0.15, 0.2) is 0 Å². The number of hydrogen-bond donors (Lipinski definition) is 3. The minimum Gasteiger partial charge on any atom is -0.481 e. The highest BCUT2D eigenvalue weighted by Crippen LogP contribution is 2.50. The summed E-state index contributed by atoms with van der Waals surface area (Å²) < 4.78 is 17.1. The number of morpholine rings is 1. The first-order valence-corrected chi connectivity index (χ1v) is 26.6. The van der Waals surface area contributed by atoms with Gasteiger partial charge in [-0.25, -0.2) is 0 Å². The smallest absolute Gasteiger partial charge is 0.310 e. The van der Waals surface area contributed by atoms with Gasteiger partial charge in [-0.2, -0.15) is 0 Å². The zero-order chi connectivity index (χ0) is 48.2. The number of ether oxygens (including phenoxy) is 3. The highest BCUT2D eigenvalue weighted by molar-refractivity contribution is 5.88. The van der Waals surface area contributed by atoms with E-state index in [0.29, 0.717) is 26.4 Å². The number of nitrogens with one attached hydrogen (secondary N) is 1. The molecule has 65 heavy (non-hydrogen) atoms. The second-order valence-electron chi connectivity index (χ2n) is 20.1. The molecule has 0 bridgehead atoms. The number of carbonyl (C=O) groups is 5. The van der Waals surface area contributed by atoms with Crippen LogP contribution in [0.5, 0.6) is 0 Å². The molecule has 1 amide bonds. The normalized spacial score (nSPS) is 15.7. The number of rotatable bonds is 43. The van der Waals surface area contributed by atoms with Crippen LogP contribution in [-0.2, 0) is 38.2 Å². The van der Waals surface area contributed by atoms with E-state index >= 15 is 0 Å². The van der Waals surface area contributed by atoms with E-state index in [1.807, 2.05) is 0 Å². The summed E-state index contributed by atoms with van der Waals surface area (Å²) in [6.45, 7) is 15.4. The van der Waals surface area contributed by atoms with Crippen molar-refractivity contribution in [2.45, 2.75) is 228 Å². The third kappa shape index (κ3) is 27.6. The van der Waals surface area contributed by atoms with Gasteiger partial charge in [0.05, 0.1) is 50.6 Å². The van der Waals surface area contributed by atoms with Gasteiger partial charge in [0.1, 0.15) is 0 Å². The molecule has 3 N–H and O–H groups in total. The number of carboxylic acid groups (broad SMARTS) is 2. The summed E-state index contributed by atoms with van der Waals surface area (Å²) in [5, 5.41) is 24.4. The number of carboxylic acids is 2. The highest BCUT2D eigenvalue weighted by Gasteiger charge is 2.56. The molecule has 0 saturated carbocycles. The Morgan fingerprint density at radius 3 is 1.57 bits per heavy atom. The van der Waals surface area contributed by atoms with Crippen LogP contribution in [0.3, 0.4) is 0 Å². The van der Waals surface area contributed by atoms with Crippen molar-refractivity contribution in [2.24, 2.45) is 28.6 Å². The summed E-state index contributed by atoms with van der Waals surface area (Å²) >= 11 is 0. The van der Waals surface area contributed by atoms with Crippen molar-refractivity contribution in [2.75, 3.05) is 52.6 Å². The molecule has 12 heteroatoms. The number of nitrogens with zero attached hydrogens (tertiary/aromatic N) is 1. The SMILES string of the molecule is CCCCCCCCC(CCCCCC)COC(=O)CCNC(=O)[C@H](C(C)(C)COC(=O)CCN1CCOCC1)C(CCC(=O)O)(CC(CCCCCC)CCCCCCCC)C(=O)O. The van der Waals surface area contributed by atoms with Crippen LogP contribution < -0.4 is 5.32 Å². The number of esters is 2. The summed E-state index contributed by atoms with van der Waals surface area (Å²) in [6, 6.07) is 0. The molecule has 0 aromatic rings. The number of aliphatic carboxylic acids is 2. The molecule has 0 aliphatic carbocycles. The number of hydrogen-bond acceptors (Lipinski definition) is 9. The maximum atomic E-state index is 14.8. The number of carbonyl (C=O) groups excluding carboxylic acids is 3. The van der Waals surface area contributed by atoms with Gasteiger partial charge < -0.3 is 29.7 Å². The van der Waals surface area contributed by atoms with Gasteiger partial charge in [0.25, 0.3) is 0 Å². The summed E-state index contributed by atoms with van der Waals surface area (Å²) in [4.78, 5) is 69.7. The second-order valence-corrected chi connectivity index (χ2v) is 20.1. The standard InChI is InChI=1S/C53H98N2O10/c1-7-11-15-19-21-25-28-44(27-23-17-13-9-3)41-53(51(61)62,34-31-46(56)57)49(52(5,6)43-65-48(59)33-36-55-37-39-63-40-38-55)50(60)54-35-32-47(58)64-42-45(29-24-18-14-10-4)30-26-22-20-16-12-8-2/h44-45,49H,7-43H2,1-6H3,(H,54,60)(H,56,57)(H,61,62)/t44?,45?,49-,53?/m1/s1. The molecule has 0 radical (unpaired) electrons. The third-order valence-electron chi connectivity index (χ3n) is 13.8. The van der Waals surface area contributed by atoms with Gasteiger partial charge in [-0.15, -0.1) is 0 Å². The molecule has 1 saturated heterocycles. The lowest BCUT2D eigenvalue weighted by molar-refractivity contribution is -0.170. The van der Waals surface area contributed by atoms with Crippen molar-refractivity contribution in [3.63, 3.8) is 0 Å². The van der Waals surface area contributed by atoms with Crippen molar-refractivity contribution < 1.29 is 48.4 Å². The average molecular weight is 923 g/mol. The van der Waals surface area contributed by atoms with Gasteiger partial charge in [-0.3, -0.25) is 28.9 Å². The molecule has 380 valence electrons. The van der Waals surface area contributed by atoms with Crippen LogP contribution >= 0.6 is 0 Å². The van der Waals surface area contributed by atoms with Crippen molar-refractivity contribution in [3.8, 4) is 0 Å². The van der Waals surface area contributed by atoms with E-state index in [9.17, 15) is 34.2 Å². The van der Waals surface area contributed by atoms with Gasteiger partial charge in [-0.05, 0) is 37.5 Å². The molecule has 1 heterocycles. The molecule has 4 atom stereocenters. The van der Waals surface area contributed by atoms with Crippen molar-refractivity contribution in [1.82, 2.24) is 10.2 Å². The number of amides is 1. The molecular formula is C53H98N2O10. The predicted octanol–water partition coefficient (Wildman–Crippen LogP) is 11.9. The molecule has 0 aromatic carbocycles. The van der Waals surface area contributed by atoms with E-state index in [-0.39, 0.29) is 50.7 Å². The Labute approximate surface area is 396 Å².